The van der Waals surface area contributed by atoms with Crippen molar-refractivity contribution in [2.45, 2.75) is 20.1 Å². The van der Waals surface area contributed by atoms with Gasteiger partial charge in [-0.25, -0.2) is 9.59 Å². The van der Waals surface area contributed by atoms with Crippen molar-refractivity contribution in [1.82, 2.24) is 0 Å². The molecule has 5 heteroatoms. The molecule has 1 N–H and O–H groups in total. The number of aryl methyl sites for hydroxylation is 1. The molecule has 0 atom stereocenters. The predicted molar refractivity (Wildman–Crippen MR) is 104 cm³/mol. The van der Waals surface area contributed by atoms with Gasteiger partial charge in [-0.15, -0.1) is 0 Å². The van der Waals surface area contributed by atoms with Crippen molar-refractivity contribution in [2.75, 3.05) is 0 Å². The first-order valence-corrected chi connectivity index (χ1v) is 8.80. The molecular formula is C23H20O5. The normalized spacial score (nSPS) is 10.3. The van der Waals surface area contributed by atoms with Crippen molar-refractivity contribution in [1.29, 1.82) is 0 Å². The standard InChI is InChI=1S/C23H20O5/c1-16-12-19(14-27-22(25)17-8-4-2-5-9-17)21(24)20(13-16)15-28-23(26)18-10-6-3-7-11-18/h2-13,24H,14-15H2,1H3. The molecule has 0 bridgehead atoms. The third kappa shape index (κ3) is 4.76. The van der Waals surface area contributed by atoms with Crippen LogP contribution < -0.4 is 0 Å². The van der Waals surface area contributed by atoms with Crippen LogP contribution in [0.25, 0.3) is 0 Å². The molecule has 0 aliphatic rings. The Labute approximate surface area is 163 Å². The SMILES string of the molecule is Cc1cc(COC(=O)c2ccccc2)c(O)c(COC(=O)c2ccccc2)c1. The number of phenolic OH excluding ortho intramolecular Hbond substituents is 1. The predicted octanol–water partition coefficient (Wildman–Crippen LogP) is 4.41. The van der Waals surface area contributed by atoms with Crippen LogP contribution in [0.1, 0.15) is 37.4 Å². The zero-order chi connectivity index (χ0) is 19.9. The highest BCUT2D eigenvalue weighted by Gasteiger charge is 2.14. The Bertz CT molecular complexity index is 888. The molecule has 142 valence electrons. The Morgan fingerprint density at radius 3 is 1.54 bits per heavy atom. The number of rotatable bonds is 6. The van der Waals surface area contributed by atoms with Crippen molar-refractivity contribution in [3.63, 3.8) is 0 Å². The second-order valence-corrected chi connectivity index (χ2v) is 6.32. The summed E-state index contributed by atoms with van der Waals surface area (Å²) in [7, 11) is 0. The van der Waals surface area contributed by atoms with Crippen LogP contribution in [-0.4, -0.2) is 17.0 Å². The van der Waals surface area contributed by atoms with Crippen molar-refractivity contribution < 1.29 is 24.2 Å². The van der Waals surface area contributed by atoms with Gasteiger partial charge in [0.2, 0.25) is 0 Å². The lowest BCUT2D eigenvalue weighted by atomic mass is 10.1. The fourth-order valence-electron chi connectivity index (χ4n) is 2.76. The molecule has 0 radical (unpaired) electrons. The van der Waals surface area contributed by atoms with Gasteiger partial charge in [-0.2, -0.15) is 0 Å². The van der Waals surface area contributed by atoms with Crippen LogP contribution >= 0.6 is 0 Å². The van der Waals surface area contributed by atoms with E-state index in [1.165, 1.54) is 0 Å². The minimum absolute atomic E-state index is 0.0488. The van der Waals surface area contributed by atoms with Crippen molar-refractivity contribution in [2.24, 2.45) is 0 Å². The molecule has 0 spiro atoms. The van der Waals surface area contributed by atoms with E-state index in [0.29, 0.717) is 22.3 Å². The van der Waals surface area contributed by atoms with Gasteiger partial charge in [0.15, 0.2) is 0 Å². The van der Waals surface area contributed by atoms with Crippen molar-refractivity contribution in [3.05, 3.63) is 101 Å². The molecule has 0 saturated heterocycles. The minimum atomic E-state index is -0.474. The number of esters is 2. The van der Waals surface area contributed by atoms with Gasteiger partial charge in [0.05, 0.1) is 11.1 Å². The van der Waals surface area contributed by atoms with Crippen molar-refractivity contribution >= 4 is 11.9 Å². The highest BCUT2D eigenvalue weighted by Crippen LogP contribution is 2.26. The van der Waals surface area contributed by atoms with Gasteiger partial charge in [0, 0.05) is 11.1 Å². The third-order valence-corrected chi connectivity index (χ3v) is 4.15. The number of carbonyl (C=O) groups excluding carboxylic acids is 2. The fourth-order valence-corrected chi connectivity index (χ4v) is 2.76. The smallest absolute Gasteiger partial charge is 0.338 e. The summed E-state index contributed by atoms with van der Waals surface area (Å²) >= 11 is 0. The molecule has 0 fully saturated rings. The summed E-state index contributed by atoms with van der Waals surface area (Å²) < 4.78 is 10.6. The Morgan fingerprint density at radius 1 is 0.750 bits per heavy atom. The number of hydrogen-bond donors (Lipinski definition) is 1. The van der Waals surface area contributed by atoms with Gasteiger partial charge >= 0.3 is 11.9 Å². The van der Waals surface area contributed by atoms with E-state index in [0.717, 1.165) is 5.56 Å². The first-order valence-electron chi connectivity index (χ1n) is 8.80. The number of phenols is 1. The summed E-state index contributed by atoms with van der Waals surface area (Å²) in [5, 5.41) is 10.5. The highest BCUT2D eigenvalue weighted by atomic mass is 16.5. The van der Waals surface area contributed by atoms with E-state index in [9.17, 15) is 14.7 Å². The molecule has 0 heterocycles. The molecular weight excluding hydrogens is 356 g/mol. The van der Waals surface area contributed by atoms with Crippen LogP contribution in [0, 0.1) is 6.92 Å². The third-order valence-electron chi connectivity index (χ3n) is 4.15. The Kier molecular flexibility index (Phi) is 6.07. The molecule has 5 nitrogen and oxygen atoms in total. The highest BCUT2D eigenvalue weighted by molar-refractivity contribution is 5.89. The number of carbonyl (C=O) groups is 2. The van der Waals surface area contributed by atoms with E-state index in [-0.39, 0.29) is 19.0 Å². The summed E-state index contributed by atoms with van der Waals surface area (Å²) in [5.41, 5.74) is 2.64. The Hall–Kier alpha value is -3.60. The summed E-state index contributed by atoms with van der Waals surface area (Å²) in [6.07, 6.45) is 0. The second-order valence-electron chi connectivity index (χ2n) is 6.32. The van der Waals surface area contributed by atoms with Crippen LogP contribution in [0.4, 0.5) is 0 Å². The maximum absolute atomic E-state index is 12.1. The monoisotopic (exact) mass is 376 g/mol. The van der Waals surface area contributed by atoms with E-state index in [1.54, 1.807) is 60.7 Å². The fraction of sp³-hybridized carbons (Fsp3) is 0.130. The lowest BCUT2D eigenvalue weighted by Crippen LogP contribution is -2.07. The first kappa shape index (κ1) is 19.2. The van der Waals surface area contributed by atoms with E-state index in [2.05, 4.69) is 0 Å². The maximum Gasteiger partial charge on any atom is 0.338 e. The molecule has 0 aliphatic heterocycles. The quantitative estimate of drug-likeness (QED) is 0.645. The zero-order valence-electron chi connectivity index (χ0n) is 15.4. The van der Waals surface area contributed by atoms with Gasteiger partial charge in [-0.05, 0) is 43.3 Å². The average molecular weight is 376 g/mol. The Morgan fingerprint density at radius 2 is 1.14 bits per heavy atom. The number of benzene rings is 3. The topological polar surface area (TPSA) is 72.8 Å². The second kappa shape index (κ2) is 8.86. The van der Waals surface area contributed by atoms with E-state index >= 15 is 0 Å². The molecule has 3 rings (SSSR count). The molecule has 0 amide bonds. The lowest BCUT2D eigenvalue weighted by molar-refractivity contribution is 0.0468. The molecule has 0 aliphatic carbocycles. The van der Waals surface area contributed by atoms with E-state index in [4.69, 9.17) is 9.47 Å². The van der Waals surface area contributed by atoms with E-state index in [1.807, 2.05) is 19.1 Å². The Balaban J connectivity index is 1.68. The van der Waals surface area contributed by atoms with Crippen molar-refractivity contribution in [3.8, 4) is 5.75 Å². The molecule has 0 saturated carbocycles. The summed E-state index contributed by atoms with van der Waals surface area (Å²) in [5.74, 6) is -0.996. The molecule has 3 aromatic carbocycles. The van der Waals surface area contributed by atoms with Crippen LogP contribution in [0.2, 0.25) is 0 Å². The number of hydrogen-bond acceptors (Lipinski definition) is 5. The van der Waals surface area contributed by atoms with Crippen LogP contribution in [0.5, 0.6) is 5.75 Å². The molecule has 0 unspecified atom stereocenters. The van der Waals surface area contributed by atoms with Gasteiger partial charge in [0.1, 0.15) is 19.0 Å². The number of ether oxygens (including phenoxy) is 2. The zero-order valence-corrected chi connectivity index (χ0v) is 15.4. The average Bonchev–Trinajstić information content (AvgIpc) is 2.73. The van der Waals surface area contributed by atoms with Gasteiger partial charge in [0.25, 0.3) is 0 Å². The minimum Gasteiger partial charge on any atom is -0.507 e. The molecule has 28 heavy (non-hydrogen) atoms. The summed E-state index contributed by atoms with van der Waals surface area (Å²) in [4.78, 5) is 24.2. The molecule has 3 aromatic rings. The van der Waals surface area contributed by atoms with Gasteiger partial charge in [-0.1, -0.05) is 42.0 Å². The van der Waals surface area contributed by atoms with Crippen LogP contribution in [0.3, 0.4) is 0 Å². The number of aromatic hydroxyl groups is 1. The van der Waals surface area contributed by atoms with Gasteiger partial charge < -0.3 is 14.6 Å². The van der Waals surface area contributed by atoms with Gasteiger partial charge in [-0.3, -0.25) is 0 Å². The summed E-state index contributed by atoms with van der Waals surface area (Å²) in [6, 6.07) is 20.7. The maximum atomic E-state index is 12.1. The van der Waals surface area contributed by atoms with Crippen LogP contribution in [-0.2, 0) is 22.7 Å². The first-order chi connectivity index (χ1) is 13.5. The van der Waals surface area contributed by atoms with E-state index < -0.39 is 11.9 Å². The van der Waals surface area contributed by atoms with Crippen LogP contribution in [0.15, 0.2) is 72.8 Å². The largest absolute Gasteiger partial charge is 0.507 e. The summed E-state index contributed by atoms with van der Waals surface area (Å²) in [6.45, 7) is 1.69. The molecule has 0 aromatic heterocycles. The lowest BCUT2D eigenvalue weighted by Gasteiger charge is -2.13.